The van der Waals surface area contributed by atoms with E-state index in [1.165, 1.54) is 9.80 Å². The third kappa shape index (κ3) is 2.02. The Balaban J connectivity index is 2.13. The fraction of sp³-hybridized carbons (Fsp3) is 0.700. The van der Waals surface area contributed by atoms with Gasteiger partial charge in [0.25, 0.3) is 0 Å². The molecule has 7 nitrogen and oxygen atoms in total. The van der Waals surface area contributed by atoms with E-state index in [1.807, 2.05) is 0 Å². The van der Waals surface area contributed by atoms with E-state index in [1.54, 1.807) is 19.3 Å². The molecule has 1 saturated heterocycles. The number of hydrogen-bond donors (Lipinski definition) is 3. The first-order valence-corrected chi connectivity index (χ1v) is 5.39. The van der Waals surface area contributed by atoms with Crippen molar-refractivity contribution in [1.29, 1.82) is 0 Å². The van der Waals surface area contributed by atoms with Crippen LogP contribution in [0.25, 0.3) is 0 Å². The van der Waals surface area contributed by atoms with Crippen LogP contribution in [0.3, 0.4) is 0 Å². The number of urea groups is 1. The van der Waals surface area contributed by atoms with E-state index >= 15 is 0 Å². The van der Waals surface area contributed by atoms with Crippen molar-refractivity contribution in [2.75, 3.05) is 20.2 Å². The maximum atomic E-state index is 11.8. The second kappa shape index (κ2) is 4.61. The quantitative estimate of drug-likeness (QED) is 0.539. The lowest BCUT2D eigenvalue weighted by Crippen LogP contribution is -2.52. The lowest BCUT2D eigenvalue weighted by atomic mass is 10.1. The van der Waals surface area contributed by atoms with Gasteiger partial charge in [0.1, 0.15) is 18.3 Å². The van der Waals surface area contributed by atoms with Gasteiger partial charge in [0, 0.05) is 19.8 Å². The van der Waals surface area contributed by atoms with Crippen LogP contribution in [0.15, 0.2) is 12.3 Å². The molecule has 0 aromatic carbocycles. The Morgan fingerprint density at radius 1 is 1.47 bits per heavy atom. The average molecular weight is 244 g/mol. The molecule has 2 rings (SSSR count). The Bertz CT molecular complexity index is 335. The molecule has 0 radical (unpaired) electrons. The summed E-state index contributed by atoms with van der Waals surface area (Å²) >= 11 is 0. The molecule has 2 aliphatic heterocycles. The molecular weight excluding hydrogens is 228 g/mol. The summed E-state index contributed by atoms with van der Waals surface area (Å²) in [6.45, 7) is -0.0990. The third-order valence-electron chi connectivity index (χ3n) is 3.00. The average Bonchev–Trinajstić information content (AvgIpc) is 2.60. The Morgan fingerprint density at radius 2 is 2.18 bits per heavy atom. The van der Waals surface area contributed by atoms with Crippen molar-refractivity contribution in [2.45, 2.75) is 24.5 Å². The fourth-order valence-electron chi connectivity index (χ4n) is 2.01. The molecule has 0 aromatic rings. The van der Waals surface area contributed by atoms with Crippen molar-refractivity contribution < 1.29 is 24.9 Å². The van der Waals surface area contributed by atoms with Gasteiger partial charge in [0.05, 0.1) is 6.61 Å². The third-order valence-corrected chi connectivity index (χ3v) is 3.00. The summed E-state index contributed by atoms with van der Waals surface area (Å²) in [5, 5.41) is 28.4. The summed E-state index contributed by atoms with van der Waals surface area (Å²) in [5.74, 6) is 0. The summed E-state index contributed by atoms with van der Waals surface area (Å²) in [5.41, 5.74) is 0. The fourth-order valence-corrected chi connectivity index (χ4v) is 2.01. The van der Waals surface area contributed by atoms with Gasteiger partial charge in [-0.05, 0) is 6.08 Å². The van der Waals surface area contributed by atoms with Crippen molar-refractivity contribution >= 4 is 6.03 Å². The van der Waals surface area contributed by atoms with Crippen LogP contribution in [0.2, 0.25) is 0 Å². The van der Waals surface area contributed by atoms with E-state index in [0.29, 0.717) is 6.54 Å². The molecule has 4 atom stereocenters. The first kappa shape index (κ1) is 12.3. The number of carbonyl (C=O) groups is 1. The number of amides is 2. The molecule has 2 aliphatic rings. The zero-order chi connectivity index (χ0) is 12.6. The van der Waals surface area contributed by atoms with Crippen LogP contribution < -0.4 is 0 Å². The van der Waals surface area contributed by atoms with Crippen LogP contribution in [0.4, 0.5) is 4.79 Å². The predicted molar refractivity (Wildman–Crippen MR) is 56.8 cm³/mol. The number of hydrogen-bond acceptors (Lipinski definition) is 5. The number of aliphatic hydroxyl groups is 3. The zero-order valence-electron chi connectivity index (χ0n) is 9.43. The first-order chi connectivity index (χ1) is 8.06. The second-order valence-electron chi connectivity index (χ2n) is 4.16. The van der Waals surface area contributed by atoms with E-state index in [-0.39, 0.29) is 6.03 Å². The summed E-state index contributed by atoms with van der Waals surface area (Å²) in [4.78, 5) is 14.5. The molecule has 0 saturated carbocycles. The number of nitrogens with zero attached hydrogens (tertiary/aromatic N) is 2. The predicted octanol–water partition coefficient (Wildman–Crippen LogP) is -1.69. The minimum absolute atomic E-state index is 0.301. The number of rotatable bonds is 2. The minimum Gasteiger partial charge on any atom is -0.394 e. The summed E-state index contributed by atoms with van der Waals surface area (Å²) < 4.78 is 5.29. The van der Waals surface area contributed by atoms with Gasteiger partial charge in [-0.3, -0.25) is 4.90 Å². The van der Waals surface area contributed by atoms with E-state index in [4.69, 9.17) is 9.84 Å². The van der Waals surface area contributed by atoms with Crippen LogP contribution in [0, 0.1) is 0 Å². The second-order valence-corrected chi connectivity index (χ2v) is 4.16. The lowest BCUT2D eigenvalue weighted by Gasteiger charge is -2.34. The normalized spacial score (nSPS) is 38.0. The molecule has 2 heterocycles. The molecule has 3 N–H and O–H groups in total. The maximum absolute atomic E-state index is 11.8. The minimum atomic E-state index is -1.21. The first-order valence-electron chi connectivity index (χ1n) is 5.39. The summed E-state index contributed by atoms with van der Waals surface area (Å²) in [6, 6.07) is -0.317. The van der Waals surface area contributed by atoms with Crippen LogP contribution in [-0.4, -0.2) is 75.9 Å². The monoisotopic (exact) mass is 244 g/mol. The van der Waals surface area contributed by atoms with E-state index < -0.39 is 31.1 Å². The van der Waals surface area contributed by atoms with Crippen molar-refractivity contribution in [1.82, 2.24) is 9.80 Å². The smallest absolute Gasteiger partial charge is 0.326 e. The summed E-state index contributed by atoms with van der Waals surface area (Å²) in [7, 11) is 1.59. The molecule has 0 unspecified atom stereocenters. The van der Waals surface area contributed by atoms with Crippen molar-refractivity contribution in [3.8, 4) is 0 Å². The molecule has 0 spiro atoms. The van der Waals surface area contributed by atoms with Gasteiger partial charge in [0.15, 0.2) is 6.23 Å². The van der Waals surface area contributed by atoms with Gasteiger partial charge < -0.3 is 25.0 Å². The Labute approximate surface area is 98.5 Å². The molecule has 0 bridgehead atoms. The van der Waals surface area contributed by atoms with Crippen molar-refractivity contribution in [2.24, 2.45) is 0 Å². The van der Waals surface area contributed by atoms with E-state index in [0.717, 1.165) is 0 Å². The Morgan fingerprint density at radius 3 is 2.76 bits per heavy atom. The number of carbonyl (C=O) groups excluding carboxylic acids is 1. The molecule has 96 valence electrons. The summed E-state index contributed by atoms with van der Waals surface area (Å²) in [6.07, 6.45) is -0.818. The van der Waals surface area contributed by atoms with Gasteiger partial charge in [-0.2, -0.15) is 0 Å². The molecule has 0 aliphatic carbocycles. The van der Waals surface area contributed by atoms with Gasteiger partial charge in [-0.25, -0.2) is 4.79 Å². The molecule has 7 heteroatoms. The highest BCUT2D eigenvalue weighted by atomic mass is 16.6. The highest BCUT2D eigenvalue weighted by molar-refractivity contribution is 5.76. The van der Waals surface area contributed by atoms with Gasteiger partial charge >= 0.3 is 6.03 Å². The SMILES string of the molecule is CN1C=CCN([C@@H]2O[C@H](CO)[C@@H](O)[C@H]2O)C1=O. The molecule has 2 amide bonds. The standard InChI is InChI=1S/C10H16N2O5/c1-11-3-2-4-12(10(11)16)9-8(15)7(14)6(5-13)17-9/h2-3,6-9,13-15H,4-5H2,1H3/t6-,7-,8-,9-/m1/s1. The Kier molecular flexibility index (Phi) is 3.34. The Hall–Kier alpha value is -1.15. The topological polar surface area (TPSA) is 93.5 Å². The highest BCUT2D eigenvalue weighted by Gasteiger charge is 2.47. The van der Waals surface area contributed by atoms with Gasteiger partial charge in [-0.1, -0.05) is 0 Å². The van der Waals surface area contributed by atoms with Gasteiger partial charge in [-0.15, -0.1) is 0 Å². The van der Waals surface area contributed by atoms with Crippen LogP contribution in [-0.2, 0) is 4.74 Å². The molecule has 17 heavy (non-hydrogen) atoms. The van der Waals surface area contributed by atoms with Crippen LogP contribution in [0.5, 0.6) is 0 Å². The zero-order valence-corrected chi connectivity index (χ0v) is 9.43. The van der Waals surface area contributed by atoms with Gasteiger partial charge in [0.2, 0.25) is 0 Å². The molecule has 1 fully saturated rings. The van der Waals surface area contributed by atoms with Crippen molar-refractivity contribution in [3.05, 3.63) is 12.3 Å². The largest absolute Gasteiger partial charge is 0.394 e. The maximum Gasteiger partial charge on any atom is 0.326 e. The van der Waals surface area contributed by atoms with Crippen molar-refractivity contribution in [3.63, 3.8) is 0 Å². The van der Waals surface area contributed by atoms with Crippen LogP contribution >= 0.6 is 0 Å². The van der Waals surface area contributed by atoms with Crippen LogP contribution in [0.1, 0.15) is 0 Å². The number of ether oxygens (including phenoxy) is 1. The highest BCUT2D eigenvalue weighted by Crippen LogP contribution is 2.25. The number of aliphatic hydroxyl groups excluding tert-OH is 3. The molecule has 0 aromatic heterocycles. The van der Waals surface area contributed by atoms with E-state index in [9.17, 15) is 15.0 Å². The lowest BCUT2D eigenvalue weighted by molar-refractivity contribution is -0.0797. The van der Waals surface area contributed by atoms with E-state index in [2.05, 4.69) is 0 Å². The molecular formula is C10H16N2O5.